The molecule has 5 nitrogen and oxygen atoms in total. The van der Waals surface area contributed by atoms with Crippen LogP contribution in [0.25, 0.3) is 10.8 Å². The molecule has 1 unspecified atom stereocenters. The molecule has 7 heteroatoms. The van der Waals surface area contributed by atoms with E-state index in [4.69, 9.17) is 26.2 Å². The number of aliphatic hydroxyl groups is 1. The number of benzene rings is 3. The minimum atomic E-state index is -1.00. The molecule has 30 heavy (non-hydrogen) atoms. The second-order valence-electron chi connectivity index (χ2n) is 6.69. The Hall–Kier alpha value is -2.41. The summed E-state index contributed by atoms with van der Waals surface area (Å²) < 4.78 is 11.0. The molecule has 0 radical (unpaired) electrons. The van der Waals surface area contributed by atoms with Gasteiger partial charge in [0.15, 0.2) is 6.61 Å². The molecule has 0 aromatic heterocycles. The Kier molecular flexibility index (Phi) is 8.25. The normalized spacial score (nSPS) is 11.9. The van der Waals surface area contributed by atoms with Crippen molar-refractivity contribution in [3.05, 3.63) is 71.2 Å². The number of thioether (sulfide) groups is 1. The second-order valence-corrected chi connectivity index (χ2v) is 8.28. The summed E-state index contributed by atoms with van der Waals surface area (Å²) in [5.41, 5.74) is 1.16. The van der Waals surface area contributed by atoms with E-state index < -0.39 is 12.1 Å². The van der Waals surface area contributed by atoms with Crippen LogP contribution in [0.1, 0.15) is 5.56 Å². The highest BCUT2D eigenvalue weighted by Crippen LogP contribution is 2.29. The standard InChI is InChI=1S/C23H23ClO5S/c24-17-7-9-19(10-8-17)28-13-18(25)15-30-12-11-16-3-1-5-21-20(16)4-2-6-22(21)29-14-23(26)27/h1-10,18,25H,11-15H2,(H,26,27). The molecular formula is C23H23ClO5S. The third-order valence-corrected chi connectivity index (χ3v) is 5.77. The van der Waals surface area contributed by atoms with Gasteiger partial charge in [-0.25, -0.2) is 4.79 Å². The maximum atomic E-state index is 10.8. The number of hydrogen-bond acceptors (Lipinski definition) is 5. The van der Waals surface area contributed by atoms with Crippen molar-refractivity contribution in [3.8, 4) is 11.5 Å². The highest BCUT2D eigenvalue weighted by Gasteiger charge is 2.09. The Balaban J connectivity index is 1.49. The fraction of sp³-hybridized carbons (Fsp3) is 0.261. The van der Waals surface area contributed by atoms with Gasteiger partial charge in [0, 0.05) is 16.2 Å². The second kappa shape index (κ2) is 11.1. The van der Waals surface area contributed by atoms with Gasteiger partial charge in [-0.1, -0.05) is 41.9 Å². The van der Waals surface area contributed by atoms with E-state index >= 15 is 0 Å². The molecule has 0 bridgehead atoms. The van der Waals surface area contributed by atoms with Gasteiger partial charge in [-0.2, -0.15) is 11.8 Å². The first-order chi connectivity index (χ1) is 14.5. The van der Waals surface area contributed by atoms with Crippen molar-refractivity contribution in [2.45, 2.75) is 12.5 Å². The van der Waals surface area contributed by atoms with Gasteiger partial charge >= 0.3 is 5.97 Å². The van der Waals surface area contributed by atoms with Crippen molar-refractivity contribution in [1.82, 2.24) is 0 Å². The first-order valence-corrected chi connectivity index (χ1v) is 11.1. The molecule has 0 aliphatic heterocycles. The summed E-state index contributed by atoms with van der Waals surface area (Å²) >= 11 is 7.50. The van der Waals surface area contributed by atoms with Crippen LogP contribution in [0, 0.1) is 0 Å². The van der Waals surface area contributed by atoms with Crippen molar-refractivity contribution in [2.75, 3.05) is 24.7 Å². The molecule has 0 heterocycles. The van der Waals surface area contributed by atoms with Crippen LogP contribution in [0.5, 0.6) is 11.5 Å². The van der Waals surface area contributed by atoms with Crippen molar-refractivity contribution < 1.29 is 24.5 Å². The van der Waals surface area contributed by atoms with Gasteiger partial charge in [0.05, 0.1) is 6.10 Å². The third-order valence-electron chi connectivity index (χ3n) is 4.41. The average molecular weight is 447 g/mol. The Morgan fingerprint density at radius 1 is 1.00 bits per heavy atom. The van der Waals surface area contributed by atoms with E-state index in [9.17, 15) is 9.90 Å². The van der Waals surface area contributed by atoms with Gasteiger partial charge in [0.1, 0.15) is 18.1 Å². The minimum Gasteiger partial charge on any atom is -0.491 e. The zero-order valence-electron chi connectivity index (χ0n) is 16.3. The van der Waals surface area contributed by atoms with Crippen LogP contribution < -0.4 is 9.47 Å². The molecule has 1 atom stereocenters. The zero-order valence-corrected chi connectivity index (χ0v) is 17.9. The quantitative estimate of drug-likeness (QED) is 0.417. The van der Waals surface area contributed by atoms with Crippen molar-refractivity contribution in [1.29, 1.82) is 0 Å². The van der Waals surface area contributed by atoms with Crippen LogP contribution in [-0.2, 0) is 11.2 Å². The zero-order chi connectivity index (χ0) is 21.3. The lowest BCUT2D eigenvalue weighted by molar-refractivity contribution is -0.139. The smallest absolute Gasteiger partial charge is 0.341 e. The number of rotatable bonds is 11. The summed E-state index contributed by atoms with van der Waals surface area (Å²) in [6.45, 7) is -0.137. The number of carbonyl (C=O) groups is 1. The van der Waals surface area contributed by atoms with Gasteiger partial charge in [-0.3, -0.25) is 0 Å². The van der Waals surface area contributed by atoms with E-state index in [-0.39, 0.29) is 13.2 Å². The molecule has 0 saturated carbocycles. The Morgan fingerprint density at radius 2 is 1.73 bits per heavy atom. The maximum Gasteiger partial charge on any atom is 0.341 e. The highest BCUT2D eigenvalue weighted by molar-refractivity contribution is 7.99. The molecule has 3 aromatic carbocycles. The molecular weight excluding hydrogens is 424 g/mol. The van der Waals surface area contributed by atoms with Crippen molar-refractivity contribution in [2.24, 2.45) is 0 Å². The van der Waals surface area contributed by atoms with E-state index in [1.165, 1.54) is 0 Å². The lowest BCUT2D eigenvalue weighted by Gasteiger charge is -2.13. The van der Waals surface area contributed by atoms with Gasteiger partial charge in [-0.05, 0) is 53.5 Å². The van der Waals surface area contributed by atoms with Gasteiger partial charge in [-0.15, -0.1) is 0 Å². The summed E-state index contributed by atoms with van der Waals surface area (Å²) in [6.07, 6.45) is 0.268. The molecule has 3 aromatic rings. The monoisotopic (exact) mass is 446 g/mol. The van der Waals surface area contributed by atoms with Gasteiger partial charge in [0.25, 0.3) is 0 Å². The number of halogens is 1. The van der Waals surface area contributed by atoms with Gasteiger partial charge < -0.3 is 19.7 Å². The fourth-order valence-electron chi connectivity index (χ4n) is 3.00. The number of hydrogen-bond donors (Lipinski definition) is 2. The minimum absolute atomic E-state index is 0.229. The Morgan fingerprint density at radius 3 is 2.50 bits per heavy atom. The summed E-state index contributed by atoms with van der Waals surface area (Å²) in [7, 11) is 0. The molecule has 0 amide bonds. The molecule has 3 rings (SSSR count). The number of aliphatic carboxylic acids is 1. The molecule has 0 aliphatic rings. The van der Waals surface area contributed by atoms with Gasteiger partial charge in [0.2, 0.25) is 0 Å². The topological polar surface area (TPSA) is 76.0 Å². The molecule has 0 saturated heterocycles. The van der Waals surface area contributed by atoms with Crippen LogP contribution in [0.4, 0.5) is 0 Å². The number of carboxylic acid groups (broad SMARTS) is 1. The summed E-state index contributed by atoms with van der Waals surface area (Å²) in [4.78, 5) is 10.8. The number of fused-ring (bicyclic) bond motifs is 1. The van der Waals surface area contributed by atoms with Crippen LogP contribution in [0.2, 0.25) is 5.02 Å². The van der Waals surface area contributed by atoms with Crippen LogP contribution in [0.15, 0.2) is 60.7 Å². The fourth-order valence-corrected chi connectivity index (χ4v) is 4.03. The summed E-state index contributed by atoms with van der Waals surface area (Å²) in [5, 5.41) is 21.6. The van der Waals surface area contributed by atoms with Crippen molar-refractivity contribution in [3.63, 3.8) is 0 Å². The Bertz CT molecular complexity index is 977. The van der Waals surface area contributed by atoms with E-state index in [1.54, 1.807) is 42.1 Å². The average Bonchev–Trinajstić information content (AvgIpc) is 2.75. The predicted molar refractivity (Wildman–Crippen MR) is 121 cm³/mol. The molecule has 0 aliphatic carbocycles. The third kappa shape index (κ3) is 6.55. The largest absolute Gasteiger partial charge is 0.491 e. The molecule has 2 N–H and O–H groups in total. The summed E-state index contributed by atoms with van der Waals surface area (Å²) in [6, 6.07) is 18.7. The Labute approximate surface area is 184 Å². The lowest BCUT2D eigenvalue weighted by atomic mass is 10.0. The number of aryl methyl sites for hydroxylation is 1. The van der Waals surface area contributed by atoms with Crippen molar-refractivity contribution >= 4 is 40.1 Å². The van der Waals surface area contributed by atoms with E-state index in [0.717, 1.165) is 28.5 Å². The van der Waals surface area contributed by atoms with Crippen LogP contribution >= 0.6 is 23.4 Å². The first-order valence-electron chi connectivity index (χ1n) is 9.52. The first kappa shape index (κ1) is 22.3. The van der Waals surface area contributed by atoms with E-state index in [1.807, 2.05) is 24.3 Å². The summed E-state index contributed by atoms with van der Waals surface area (Å²) in [5.74, 6) is 1.67. The lowest BCUT2D eigenvalue weighted by Crippen LogP contribution is -2.20. The number of aliphatic hydroxyl groups excluding tert-OH is 1. The molecule has 0 spiro atoms. The highest BCUT2D eigenvalue weighted by atomic mass is 35.5. The van der Waals surface area contributed by atoms with Crippen LogP contribution in [-0.4, -0.2) is 47.0 Å². The predicted octanol–water partition coefficient (Wildman–Crippen LogP) is 4.67. The van der Waals surface area contributed by atoms with E-state index in [0.29, 0.717) is 22.3 Å². The molecule has 0 fully saturated rings. The van der Waals surface area contributed by atoms with Crippen LogP contribution in [0.3, 0.4) is 0 Å². The number of ether oxygens (including phenoxy) is 2. The maximum absolute atomic E-state index is 10.8. The molecule has 158 valence electrons. The number of carboxylic acids is 1. The SMILES string of the molecule is O=C(O)COc1cccc2c(CCSCC(O)COc3ccc(Cl)cc3)cccc12. The van der Waals surface area contributed by atoms with E-state index in [2.05, 4.69) is 6.07 Å².